The van der Waals surface area contributed by atoms with Crippen LogP contribution in [0.1, 0.15) is 16.7 Å². The van der Waals surface area contributed by atoms with Gasteiger partial charge in [0, 0.05) is 6.54 Å². The number of nitrogens with zero attached hydrogens (tertiary/aromatic N) is 4. The Hall–Kier alpha value is -3.74. The SMILES string of the molecule is Cc1ccc(-n2ncc3c(=O)n(CC(=O)NCc4ccccc4)cnc32)cc1C. The zero-order valence-electron chi connectivity index (χ0n) is 16.3. The monoisotopic (exact) mass is 387 g/mol. The van der Waals surface area contributed by atoms with Gasteiger partial charge in [0.25, 0.3) is 5.56 Å². The Kier molecular flexibility index (Phi) is 4.95. The van der Waals surface area contributed by atoms with E-state index in [2.05, 4.69) is 15.4 Å². The van der Waals surface area contributed by atoms with Crippen molar-refractivity contribution in [3.05, 3.63) is 88.1 Å². The molecule has 7 heteroatoms. The van der Waals surface area contributed by atoms with Gasteiger partial charge in [0.1, 0.15) is 18.3 Å². The lowest BCUT2D eigenvalue weighted by atomic mass is 10.1. The third-order valence-corrected chi connectivity index (χ3v) is 4.94. The van der Waals surface area contributed by atoms with E-state index in [1.807, 2.05) is 62.4 Å². The molecule has 1 N–H and O–H groups in total. The van der Waals surface area contributed by atoms with E-state index in [0.717, 1.165) is 16.8 Å². The second kappa shape index (κ2) is 7.71. The summed E-state index contributed by atoms with van der Waals surface area (Å²) in [5.41, 5.74) is 4.33. The molecule has 0 bridgehead atoms. The standard InChI is InChI=1S/C22H21N5O2/c1-15-8-9-18(10-16(15)2)27-21-19(12-25-27)22(29)26(14-24-21)13-20(28)23-11-17-6-4-3-5-7-17/h3-10,12,14H,11,13H2,1-2H3,(H,23,28). The molecule has 0 aliphatic heterocycles. The first-order valence-corrected chi connectivity index (χ1v) is 9.34. The van der Waals surface area contributed by atoms with E-state index in [0.29, 0.717) is 17.6 Å². The van der Waals surface area contributed by atoms with E-state index in [4.69, 9.17) is 0 Å². The normalized spacial score (nSPS) is 11.0. The van der Waals surface area contributed by atoms with Gasteiger partial charge in [-0.1, -0.05) is 36.4 Å². The summed E-state index contributed by atoms with van der Waals surface area (Å²) in [6, 6.07) is 15.6. The minimum atomic E-state index is -0.292. The maximum Gasteiger partial charge on any atom is 0.264 e. The number of nitrogens with one attached hydrogen (secondary N) is 1. The minimum absolute atomic E-state index is 0.0938. The van der Waals surface area contributed by atoms with Crippen molar-refractivity contribution in [2.75, 3.05) is 0 Å². The topological polar surface area (TPSA) is 81.8 Å². The van der Waals surface area contributed by atoms with Crippen LogP contribution < -0.4 is 10.9 Å². The number of carbonyl (C=O) groups is 1. The van der Waals surface area contributed by atoms with Gasteiger partial charge >= 0.3 is 0 Å². The highest BCUT2D eigenvalue weighted by Crippen LogP contribution is 2.17. The van der Waals surface area contributed by atoms with E-state index in [1.165, 1.54) is 22.7 Å². The van der Waals surface area contributed by atoms with Gasteiger partial charge in [-0.05, 0) is 42.7 Å². The molecule has 29 heavy (non-hydrogen) atoms. The summed E-state index contributed by atoms with van der Waals surface area (Å²) in [6.45, 7) is 4.39. The Bertz CT molecular complexity index is 1240. The molecule has 1 amide bonds. The summed E-state index contributed by atoms with van der Waals surface area (Å²) in [5, 5.41) is 7.53. The lowest BCUT2D eigenvalue weighted by Gasteiger charge is -2.08. The maximum atomic E-state index is 12.8. The van der Waals surface area contributed by atoms with Crippen molar-refractivity contribution in [3.63, 3.8) is 0 Å². The van der Waals surface area contributed by atoms with E-state index in [1.54, 1.807) is 4.68 Å². The van der Waals surface area contributed by atoms with Gasteiger partial charge in [0.15, 0.2) is 5.65 Å². The molecule has 146 valence electrons. The van der Waals surface area contributed by atoms with Crippen LogP contribution in [0.5, 0.6) is 0 Å². The first kappa shape index (κ1) is 18.6. The number of aromatic nitrogens is 4. The lowest BCUT2D eigenvalue weighted by Crippen LogP contribution is -2.32. The summed E-state index contributed by atoms with van der Waals surface area (Å²) >= 11 is 0. The second-order valence-corrected chi connectivity index (χ2v) is 7.00. The summed E-state index contributed by atoms with van der Waals surface area (Å²) in [7, 11) is 0. The predicted molar refractivity (Wildman–Crippen MR) is 111 cm³/mol. The molecule has 4 rings (SSSR count). The van der Waals surface area contributed by atoms with Crippen molar-refractivity contribution >= 4 is 16.9 Å². The molecule has 4 aromatic rings. The zero-order valence-corrected chi connectivity index (χ0v) is 16.3. The molecule has 0 fully saturated rings. The minimum Gasteiger partial charge on any atom is -0.350 e. The fraction of sp³-hybridized carbons (Fsp3) is 0.182. The quantitative estimate of drug-likeness (QED) is 0.570. The van der Waals surface area contributed by atoms with Gasteiger partial charge in [-0.3, -0.25) is 14.2 Å². The molecule has 0 saturated carbocycles. The number of aryl methyl sites for hydroxylation is 2. The Balaban J connectivity index is 1.56. The third-order valence-electron chi connectivity index (χ3n) is 4.94. The van der Waals surface area contributed by atoms with Gasteiger partial charge < -0.3 is 5.32 Å². The summed E-state index contributed by atoms with van der Waals surface area (Å²) in [6.07, 6.45) is 2.89. The fourth-order valence-corrected chi connectivity index (χ4v) is 3.11. The predicted octanol–water partition coefficient (Wildman–Crippen LogP) is 2.52. The van der Waals surface area contributed by atoms with Crippen molar-refractivity contribution in [3.8, 4) is 5.69 Å². The molecule has 2 heterocycles. The van der Waals surface area contributed by atoms with Crippen LogP contribution in [-0.4, -0.2) is 25.2 Å². The Morgan fingerprint density at radius 2 is 1.86 bits per heavy atom. The van der Waals surface area contributed by atoms with Crippen molar-refractivity contribution in [2.45, 2.75) is 26.9 Å². The molecule has 0 spiro atoms. The first-order chi connectivity index (χ1) is 14.0. The van der Waals surface area contributed by atoms with Crippen LogP contribution >= 0.6 is 0 Å². The number of carbonyl (C=O) groups excluding carboxylic acids is 1. The molecule has 0 unspecified atom stereocenters. The highest BCUT2D eigenvalue weighted by Gasteiger charge is 2.13. The fourth-order valence-electron chi connectivity index (χ4n) is 3.11. The van der Waals surface area contributed by atoms with E-state index < -0.39 is 0 Å². The van der Waals surface area contributed by atoms with Gasteiger partial charge in [-0.15, -0.1) is 0 Å². The number of hydrogen-bond acceptors (Lipinski definition) is 4. The average molecular weight is 387 g/mol. The van der Waals surface area contributed by atoms with E-state index in [9.17, 15) is 9.59 Å². The molecule has 0 radical (unpaired) electrons. The maximum absolute atomic E-state index is 12.8. The van der Waals surface area contributed by atoms with Crippen LogP contribution in [-0.2, 0) is 17.9 Å². The molecule has 2 aromatic heterocycles. The summed E-state index contributed by atoms with van der Waals surface area (Å²) < 4.78 is 2.94. The second-order valence-electron chi connectivity index (χ2n) is 7.00. The number of fused-ring (bicyclic) bond motifs is 1. The largest absolute Gasteiger partial charge is 0.350 e. The van der Waals surface area contributed by atoms with Gasteiger partial charge in [0.05, 0.1) is 11.9 Å². The van der Waals surface area contributed by atoms with Crippen LogP contribution in [0.2, 0.25) is 0 Å². The third kappa shape index (κ3) is 3.80. The van der Waals surface area contributed by atoms with Crippen molar-refractivity contribution < 1.29 is 4.79 Å². The Morgan fingerprint density at radius 3 is 2.62 bits per heavy atom. The highest BCUT2D eigenvalue weighted by atomic mass is 16.2. The van der Waals surface area contributed by atoms with Crippen LogP contribution in [0, 0.1) is 13.8 Å². The Morgan fingerprint density at radius 1 is 1.07 bits per heavy atom. The van der Waals surface area contributed by atoms with E-state index >= 15 is 0 Å². The molecular weight excluding hydrogens is 366 g/mol. The zero-order chi connectivity index (χ0) is 20.4. The van der Waals surface area contributed by atoms with Crippen molar-refractivity contribution in [1.82, 2.24) is 24.6 Å². The first-order valence-electron chi connectivity index (χ1n) is 9.34. The Labute approximate surface area is 167 Å². The van der Waals surface area contributed by atoms with Crippen LogP contribution in [0.4, 0.5) is 0 Å². The molecule has 0 aliphatic carbocycles. The van der Waals surface area contributed by atoms with Crippen LogP contribution in [0.25, 0.3) is 16.7 Å². The summed E-state index contributed by atoms with van der Waals surface area (Å²) in [4.78, 5) is 29.4. The number of rotatable bonds is 5. The van der Waals surface area contributed by atoms with E-state index in [-0.39, 0.29) is 18.0 Å². The number of hydrogen-bond donors (Lipinski definition) is 1. The highest BCUT2D eigenvalue weighted by molar-refractivity contribution is 5.77. The van der Waals surface area contributed by atoms with Gasteiger partial charge in [-0.2, -0.15) is 5.10 Å². The molecule has 7 nitrogen and oxygen atoms in total. The van der Waals surface area contributed by atoms with Gasteiger partial charge in [-0.25, -0.2) is 9.67 Å². The molecule has 0 saturated heterocycles. The average Bonchev–Trinajstić information content (AvgIpc) is 3.16. The van der Waals surface area contributed by atoms with Gasteiger partial charge in [0.2, 0.25) is 5.91 Å². The van der Waals surface area contributed by atoms with Crippen molar-refractivity contribution in [2.24, 2.45) is 0 Å². The lowest BCUT2D eigenvalue weighted by molar-refractivity contribution is -0.121. The molecular formula is C22H21N5O2. The smallest absolute Gasteiger partial charge is 0.264 e. The number of benzene rings is 2. The van der Waals surface area contributed by atoms with Crippen LogP contribution in [0.15, 0.2) is 65.8 Å². The van der Waals surface area contributed by atoms with Crippen LogP contribution in [0.3, 0.4) is 0 Å². The summed E-state index contributed by atoms with van der Waals surface area (Å²) in [5.74, 6) is -0.251. The number of amides is 1. The van der Waals surface area contributed by atoms with Crippen molar-refractivity contribution in [1.29, 1.82) is 0 Å². The molecule has 0 aliphatic rings. The molecule has 0 atom stereocenters. The molecule has 2 aromatic carbocycles.